The van der Waals surface area contributed by atoms with E-state index >= 15 is 0 Å². The summed E-state index contributed by atoms with van der Waals surface area (Å²) in [6.45, 7) is 7.92. The van der Waals surface area contributed by atoms with Crippen molar-refractivity contribution < 1.29 is 17.7 Å². The molecule has 0 rings (SSSR count). The lowest BCUT2D eigenvalue weighted by Crippen LogP contribution is -2.46. The van der Waals surface area contributed by atoms with E-state index in [0.717, 1.165) is 31.7 Å². The minimum atomic E-state index is -2.56. The minimum absolute atomic E-state index is 0.278. The molecule has 3 nitrogen and oxygen atoms in total. The summed E-state index contributed by atoms with van der Waals surface area (Å²) in [5.41, 5.74) is 0. The normalized spacial score (nSPS) is 12.0. The average Bonchev–Trinajstić information content (AvgIpc) is 2.40. The Kier molecular flexibility index (Phi) is 12.1. The molecule has 0 aliphatic rings. The highest BCUT2D eigenvalue weighted by Crippen LogP contribution is 2.20. The Bertz CT molecular complexity index is 160. The van der Waals surface area contributed by atoms with Crippen LogP contribution in [0.4, 0.5) is 4.39 Å². The highest BCUT2D eigenvalue weighted by atomic mass is 28.4. The predicted molar refractivity (Wildman–Crippen MR) is 74.5 cm³/mol. The van der Waals surface area contributed by atoms with Gasteiger partial charge >= 0.3 is 8.80 Å². The monoisotopic (exact) mass is 280 g/mol. The summed E-state index contributed by atoms with van der Waals surface area (Å²) in [6.07, 6.45) is 4.18. The van der Waals surface area contributed by atoms with E-state index in [-0.39, 0.29) is 6.67 Å². The van der Waals surface area contributed by atoms with E-state index in [1.165, 1.54) is 0 Å². The number of hydrogen-bond acceptors (Lipinski definition) is 3. The van der Waals surface area contributed by atoms with Crippen LogP contribution >= 0.6 is 0 Å². The second-order valence-electron chi connectivity index (χ2n) is 4.37. The Labute approximate surface area is 112 Å². The Morgan fingerprint density at radius 2 is 1.22 bits per heavy atom. The molecule has 0 spiro atoms. The number of alkyl halides is 1. The summed E-state index contributed by atoms with van der Waals surface area (Å²) in [5, 5.41) is 0. The molecule has 0 N–H and O–H groups in total. The fourth-order valence-corrected chi connectivity index (χ4v) is 4.46. The van der Waals surface area contributed by atoms with Crippen molar-refractivity contribution in [3.63, 3.8) is 0 Å². The number of halogens is 1. The highest BCUT2D eigenvalue weighted by molar-refractivity contribution is 6.60. The van der Waals surface area contributed by atoms with Gasteiger partial charge in [-0.05, 0) is 32.1 Å². The molecule has 110 valence electrons. The van der Waals surface area contributed by atoms with Gasteiger partial charge in [-0.25, -0.2) is 0 Å². The van der Waals surface area contributed by atoms with Crippen LogP contribution in [0.15, 0.2) is 0 Å². The lowest BCUT2D eigenvalue weighted by molar-refractivity contribution is 0.0585. The van der Waals surface area contributed by atoms with E-state index in [4.69, 9.17) is 13.3 Å². The van der Waals surface area contributed by atoms with Gasteiger partial charge in [0.25, 0.3) is 0 Å². The van der Waals surface area contributed by atoms with Gasteiger partial charge in [0, 0.05) is 25.9 Å². The van der Waals surface area contributed by atoms with Gasteiger partial charge in [-0.2, -0.15) is 0 Å². The molecule has 0 fully saturated rings. The molecule has 0 aromatic rings. The SMILES string of the molecule is CCCO[Si](CCCCF)(OCCC)OCCC. The van der Waals surface area contributed by atoms with Crippen molar-refractivity contribution in [1.82, 2.24) is 0 Å². The van der Waals surface area contributed by atoms with E-state index in [9.17, 15) is 4.39 Å². The molecule has 0 heterocycles. The van der Waals surface area contributed by atoms with Crippen LogP contribution in [0.5, 0.6) is 0 Å². The largest absolute Gasteiger partial charge is 0.500 e. The summed E-state index contributed by atoms with van der Waals surface area (Å²) < 4.78 is 29.9. The molecule has 0 radical (unpaired) electrons. The summed E-state index contributed by atoms with van der Waals surface area (Å²) in [5.74, 6) is 0. The first-order valence-electron chi connectivity index (χ1n) is 7.22. The fraction of sp³-hybridized carbons (Fsp3) is 1.00. The third-order valence-electron chi connectivity index (χ3n) is 2.44. The van der Waals surface area contributed by atoms with E-state index in [1.807, 2.05) is 0 Å². The van der Waals surface area contributed by atoms with Gasteiger partial charge in [-0.1, -0.05) is 20.8 Å². The van der Waals surface area contributed by atoms with Crippen molar-refractivity contribution in [2.75, 3.05) is 26.5 Å². The molecule has 0 aliphatic carbocycles. The lowest BCUT2D eigenvalue weighted by atomic mass is 10.4. The van der Waals surface area contributed by atoms with Crippen molar-refractivity contribution in [2.45, 2.75) is 58.9 Å². The first-order valence-corrected chi connectivity index (χ1v) is 9.15. The summed E-state index contributed by atoms with van der Waals surface area (Å²) >= 11 is 0. The van der Waals surface area contributed by atoms with Crippen molar-refractivity contribution in [3.05, 3.63) is 0 Å². The Balaban J connectivity index is 4.41. The van der Waals surface area contributed by atoms with Crippen LogP contribution in [0.2, 0.25) is 6.04 Å². The molecule has 18 heavy (non-hydrogen) atoms. The van der Waals surface area contributed by atoms with Crippen molar-refractivity contribution in [3.8, 4) is 0 Å². The van der Waals surface area contributed by atoms with E-state index in [0.29, 0.717) is 26.2 Å². The second kappa shape index (κ2) is 12.1. The first-order chi connectivity index (χ1) is 8.74. The average molecular weight is 280 g/mol. The van der Waals surface area contributed by atoms with Crippen LogP contribution in [0, 0.1) is 0 Å². The molecule has 0 aromatic carbocycles. The maximum atomic E-state index is 12.2. The van der Waals surface area contributed by atoms with Gasteiger partial charge in [-0.15, -0.1) is 0 Å². The standard InChI is InChI=1S/C13H29FO3Si/c1-4-10-15-18(16-11-5-2,17-12-6-3)13-8-7-9-14/h4-13H2,1-3H3. The van der Waals surface area contributed by atoms with Crippen molar-refractivity contribution >= 4 is 8.80 Å². The third kappa shape index (κ3) is 8.19. The highest BCUT2D eigenvalue weighted by Gasteiger charge is 2.40. The summed E-state index contributed by atoms with van der Waals surface area (Å²) in [7, 11) is -2.56. The van der Waals surface area contributed by atoms with Crippen molar-refractivity contribution in [2.24, 2.45) is 0 Å². The van der Waals surface area contributed by atoms with Gasteiger partial charge in [0.1, 0.15) is 0 Å². The topological polar surface area (TPSA) is 27.7 Å². The minimum Gasteiger partial charge on any atom is -0.373 e. The molecule has 0 amide bonds. The number of rotatable bonds is 13. The van der Waals surface area contributed by atoms with Crippen LogP contribution in [-0.2, 0) is 13.3 Å². The Hall–Kier alpha value is 0.0269. The van der Waals surface area contributed by atoms with Gasteiger partial charge in [-0.3, -0.25) is 4.39 Å². The second-order valence-corrected chi connectivity index (χ2v) is 7.11. The molecule has 0 unspecified atom stereocenters. The van der Waals surface area contributed by atoms with Gasteiger partial charge in [0.15, 0.2) is 0 Å². The quantitative estimate of drug-likeness (QED) is 0.377. The lowest BCUT2D eigenvalue weighted by Gasteiger charge is -2.29. The van der Waals surface area contributed by atoms with Crippen LogP contribution < -0.4 is 0 Å². The molecular weight excluding hydrogens is 251 g/mol. The molecule has 5 heteroatoms. The zero-order valence-electron chi connectivity index (χ0n) is 12.2. The summed E-state index contributed by atoms with van der Waals surface area (Å²) in [4.78, 5) is 0. The van der Waals surface area contributed by atoms with Crippen LogP contribution in [-0.4, -0.2) is 35.3 Å². The molecule has 0 atom stereocenters. The third-order valence-corrected chi connectivity index (χ3v) is 5.34. The molecular formula is C13H29FO3Si. The van der Waals surface area contributed by atoms with E-state index in [2.05, 4.69) is 20.8 Å². The smallest absolute Gasteiger partial charge is 0.373 e. The van der Waals surface area contributed by atoms with E-state index in [1.54, 1.807) is 0 Å². The Morgan fingerprint density at radius 3 is 1.56 bits per heavy atom. The van der Waals surface area contributed by atoms with Crippen LogP contribution in [0.1, 0.15) is 52.9 Å². The zero-order chi connectivity index (χ0) is 13.7. The molecule has 0 aromatic heterocycles. The van der Waals surface area contributed by atoms with E-state index < -0.39 is 8.80 Å². The number of hydrogen-bond donors (Lipinski definition) is 0. The maximum absolute atomic E-state index is 12.2. The molecule has 0 bridgehead atoms. The van der Waals surface area contributed by atoms with Gasteiger partial charge < -0.3 is 13.3 Å². The maximum Gasteiger partial charge on any atom is 0.500 e. The van der Waals surface area contributed by atoms with Gasteiger partial charge in [0.2, 0.25) is 0 Å². The van der Waals surface area contributed by atoms with Crippen LogP contribution in [0.25, 0.3) is 0 Å². The predicted octanol–water partition coefficient (Wildman–Crippen LogP) is 3.95. The number of unbranched alkanes of at least 4 members (excludes halogenated alkanes) is 1. The fourth-order valence-electron chi connectivity index (χ4n) is 1.55. The molecule has 0 saturated carbocycles. The van der Waals surface area contributed by atoms with Crippen LogP contribution in [0.3, 0.4) is 0 Å². The summed E-state index contributed by atoms with van der Waals surface area (Å²) in [6, 6.07) is 0.733. The molecule has 0 saturated heterocycles. The molecule has 0 aliphatic heterocycles. The Morgan fingerprint density at radius 1 is 0.778 bits per heavy atom. The van der Waals surface area contributed by atoms with Crippen molar-refractivity contribution in [1.29, 1.82) is 0 Å². The van der Waals surface area contributed by atoms with Gasteiger partial charge in [0.05, 0.1) is 6.67 Å². The first kappa shape index (κ1) is 18.0. The zero-order valence-corrected chi connectivity index (χ0v) is 13.2.